The molecule has 0 bridgehead atoms. The van der Waals surface area contributed by atoms with Crippen LogP contribution in [0.2, 0.25) is 0 Å². The fourth-order valence-electron chi connectivity index (χ4n) is 5.97. The van der Waals surface area contributed by atoms with Gasteiger partial charge in [-0.05, 0) is 61.1 Å². The number of hydrogen-bond donors (Lipinski definition) is 2. The molecule has 0 amide bonds. The molecule has 8 nitrogen and oxygen atoms in total. The van der Waals surface area contributed by atoms with Gasteiger partial charge in [-0.15, -0.1) is 0 Å². The molecule has 2 aromatic rings. The number of morpholine rings is 2. The average molecular weight is 549 g/mol. The predicted octanol–water partition coefficient (Wildman–Crippen LogP) is 4.23. The van der Waals surface area contributed by atoms with Crippen molar-refractivity contribution in [2.75, 3.05) is 52.6 Å². The normalized spacial score (nSPS) is 23.4. The standard InChI is InChI=1S/C32H44N4O4/c1-23-15-25(21-35-7-11-39-12-8-35)17-27(31(23)37)19-33-29-5-3-4-6-30(29)34-20-28-18-26(16-24(2)32(28)38)22-36-9-13-40-14-10-36/h15-20,29-30,37-38H,3-14,21-22H2,1-2H3/t29-,30-/m1/s1. The summed E-state index contributed by atoms with van der Waals surface area (Å²) in [7, 11) is 0. The van der Waals surface area contributed by atoms with Crippen molar-refractivity contribution >= 4 is 12.4 Å². The largest absolute Gasteiger partial charge is 0.507 e. The molecule has 1 aliphatic carbocycles. The highest BCUT2D eigenvalue weighted by molar-refractivity contribution is 5.85. The SMILES string of the molecule is Cc1cc(CN2CCOCC2)cc(C=N[C@@H]2CCCC[C@H]2N=Cc2cc(CN3CCOCC3)cc(C)c2O)c1O. The summed E-state index contributed by atoms with van der Waals surface area (Å²) in [5.74, 6) is 0.589. The van der Waals surface area contributed by atoms with E-state index in [-0.39, 0.29) is 12.1 Å². The van der Waals surface area contributed by atoms with Gasteiger partial charge in [0.2, 0.25) is 0 Å². The molecule has 2 saturated heterocycles. The van der Waals surface area contributed by atoms with E-state index in [4.69, 9.17) is 19.5 Å². The lowest BCUT2D eigenvalue weighted by molar-refractivity contribution is 0.0341. The number of nitrogens with zero attached hydrogens (tertiary/aromatic N) is 4. The molecule has 2 atom stereocenters. The van der Waals surface area contributed by atoms with E-state index in [9.17, 15) is 10.2 Å². The molecule has 8 heteroatoms. The van der Waals surface area contributed by atoms with Gasteiger partial charge in [0.15, 0.2) is 0 Å². The minimum Gasteiger partial charge on any atom is -0.507 e. The molecule has 0 radical (unpaired) electrons. The Labute approximate surface area is 238 Å². The van der Waals surface area contributed by atoms with Gasteiger partial charge in [-0.3, -0.25) is 19.8 Å². The maximum Gasteiger partial charge on any atom is 0.127 e. The predicted molar refractivity (Wildman–Crippen MR) is 159 cm³/mol. The zero-order valence-corrected chi connectivity index (χ0v) is 24.0. The third-order valence-corrected chi connectivity index (χ3v) is 8.30. The van der Waals surface area contributed by atoms with E-state index in [1.807, 2.05) is 26.3 Å². The lowest BCUT2D eigenvalue weighted by atomic mass is 9.91. The summed E-state index contributed by atoms with van der Waals surface area (Å²) in [4.78, 5) is 14.7. The molecule has 0 unspecified atom stereocenters. The average Bonchev–Trinajstić information content (AvgIpc) is 2.96. The Hall–Kier alpha value is -2.78. The summed E-state index contributed by atoms with van der Waals surface area (Å²) in [6.45, 7) is 12.4. The van der Waals surface area contributed by atoms with Crippen LogP contribution in [0.4, 0.5) is 0 Å². The zero-order valence-electron chi connectivity index (χ0n) is 24.0. The molecule has 2 N–H and O–H groups in total. The number of hydrogen-bond acceptors (Lipinski definition) is 8. The van der Waals surface area contributed by atoms with E-state index in [1.54, 1.807) is 0 Å². The molecule has 0 spiro atoms. The maximum absolute atomic E-state index is 10.8. The molecule has 0 aromatic heterocycles. The molecule has 3 fully saturated rings. The van der Waals surface area contributed by atoms with Crippen LogP contribution in [-0.4, -0.2) is 97.1 Å². The van der Waals surface area contributed by atoms with Crippen molar-refractivity contribution in [1.29, 1.82) is 0 Å². The Balaban J connectivity index is 1.30. The fourth-order valence-corrected chi connectivity index (χ4v) is 5.97. The van der Waals surface area contributed by atoms with Gasteiger partial charge in [0.1, 0.15) is 11.5 Å². The number of phenols is 2. The van der Waals surface area contributed by atoms with E-state index >= 15 is 0 Å². The van der Waals surface area contributed by atoms with Crippen LogP contribution in [0.25, 0.3) is 0 Å². The number of benzene rings is 2. The number of rotatable bonds is 8. The first-order valence-electron chi connectivity index (χ1n) is 14.8. The summed E-state index contributed by atoms with van der Waals surface area (Å²) in [5.41, 5.74) is 5.63. The number of ether oxygens (including phenoxy) is 2. The van der Waals surface area contributed by atoms with Crippen LogP contribution in [0.3, 0.4) is 0 Å². The van der Waals surface area contributed by atoms with Crippen molar-refractivity contribution in [1.82, 2.24) is 9.80 Å². The number of aryl methyl sites for hydroxylation is 2. The molecule has 3 aliphatic rings. The van der Waals surface area contributed by atoms with Crippen LogP contribution in [0, 0.1) is 13.8 Å². The quantitative estimate of drug-likeness (QED) is 0.480. The van der Waals surface area contributed by atoms with Crippen LogP contribution in [0.1, 0.15) is 59.1 Å². The van der Waals surface area contributed by atoms with Crippen molar-refractivity contribution in [3.8, 4) is 11.5 Å². The van der Waals surface area contributed by atoms with Gasteiger partial charge in [-0.2, -0.15) is 0 Å². The Morgan fingerprint density at radius 2 is 1.10 bits per heavy atom. The second-order valence-electron chi connectivity index (χ2n) is 11.5. The van der Waals surface area contributed by atoms with Gasteiger partial charge < -0.3 is 19.7 Å². The first-order valence-corrected chi connectivity index (χ1v) is 14.8. The summed E-state index contributed by atoms with van der Waals surface area (Å²) < 4.78 is 11.0. The summed E-state index contributed by atoms with van der Waals surface area (Å²) in [5, 5.41) is 21.6. The van der Waals surface area contributed by atoms with Gasteiger partial charge in [0.05, 0.1) is 38.5 Å². The first kappa shape index (κ1) is 28.7. The minimum absolute atomic E-state index is 0.0485. The molecule has 2 heterocycles. The van der Waals surface area contributed by atoms with Crippen molar-refractivity contribution in [2.24, 2.45) is 9.98 Å². The van der Waals surface area contributed by atoms with Crippen molar-refractivity contribution < 1.29 is 19.7 Å². The summed E-state index contributed by atoms with van der Waals surface area (Å²) >= 11 is 0. The number of phenolic OH excluding ortho intramolecular Hbond substituents is 2. The second-order valence-corrected chi connectivity index (χ2v) is 11.5. The Kier molecular flexibility index (Phi) is 9.86. The summed E-state index contributed by atoms with van der Waals surface area (Å²) in [6, 6.07) is 8.35. The number of aliphatic imine (C=N–C) groups is 2. The van der Waals surface area contributed by atoms with Gasteiger partial charge in [0.25, 0.3) is 0 Å². The Bertz CT molecular complexity index is 1110. The maximum atomic E-state index is 10.8. The van der Waals surface area contributed by atoms with Crippen LogP contribution in [-0.2, 0) is 22.6 Å². The molecular formula is C32H44N4O4. The highest BCUT2D eigenvalue weighted by atomic mass is 16.5. The molecule has 40 heavy (non-hydrogen) atoms. The van der Waals surface area contributed by atoms with Gasteiger partial charge >= 0.3 is 0 Å². The molecule has 216 valence electrons. The Morgan fingerprint density at radius 1 is 0.700 bits per heavy atom. The van der Waals surface area contributed by atoms with E-state index in [0.29, 0.717) is 11.5 Å². The fraction of sp³-hybridized carbons (Fsp3) is 0.562. The van der Waals surface area contributed by atoms with Crippen molar-refractivity contribution in [2.45, 2.75) is 64.7 Å². The molecule has 2 aromatic carbocycles. The first-order chi connectivity index (χ1) is 19.5. The van der Waals surface area contributed by atoms with Gasteiger partial charge in [-0.1, -0.05) is 25.0 Å². The highest BCUT2D eigenvalue weighted by Gasteiger charge is 2.24. The van der Waals surface area contributed by atoms with Crippen LogP contribution < -0.4 is 0 Å². The monoisotopic (exact) mass is 548 g/mol. The molecule has 2 aliphatic heterocycles. The molecule has 5 rings (SSSR count). The third-order valence-electron chi connectivity index (χ3n) is 8.30. The van der Waals surface area contributed by atoms with Gasteiger partial charge in [-0.25, -0.2) is 0 Å². The van der Waals surface area contributed by atoms with E-state index in [1.165, 1.54) is 11.1 Å². The van der Waals surface area contributed by atoms with Crippen LogP contribution in [0.15, 0.2) is 34.3 Å². The van der Waals surface area contributed by atoms with Gasteiger partial charge in [0, 0.05) is 62.8 Å². The highest BCUT2D eigenvalue weighted by Crippen LogP contribution is 2.28. The number of aromatic hydroxyl groups is 2. The second kappa shape index (κ2) is 13.7. The van der Waals surface area contributed by atoms with E-state index in [2.05, 4.69) is 34.1 Å². The lowest BCUT2D eigenvalue weighted by Crippen LogP contribution is -2.35. The van der Waals surface area contributed by atoms with Crippen molar-refractivity contribution in [3.63, 3.8) is 0 Å². The third kappa shape index (κ3) is 7.49. The summed E-state index contributed by atoms with van der Waals surface area (Å²) in [6.07, 6.45) is 7.86. The van der Waals surface area contributed by atoms with Crippen LogP contribution in [0.5, 0.6) is 11.5 Å². The van der Waals surface area contributed by atoms with E-state index in [0.717, 1.165) is 114 Å². The minimum atomic E-state index is 0.0485. The topological polar surface area (TPSA) is 90.1 Å². The van der Waals surface area contributed by atoms with E-state index < -0.39 is 0 Å². The van der Waals surface area contributed by atoms with Crippen LogP contribution >= 0.6 is 0 Å². The molecular weight excluding hydrogens is 504 g/mol. The van der Waals surface area contributed by atoms with Crippen molar-refractivity contribution in [3.05, 3.63) is 57.6 Å². The lowest BCUT2D eigenvalue weighted by Gasteiger charge is -2.27. The smallest absolute Gasteiger partial charge is 0.127 e. The Morgan fingerprint density at radius 3 is 1.50 bits per heavy atom. The molecule has 1 saturated carbocycles. The zero-order chi connectivity index (χ0) is 27.9.